The number of hydrogen-bond acceptors (Lipinski definition) is 6. The largest absolute Gasteiger partial charge is 0.379 e. The number of amides is 1. The van der Waals surface area contributed by atoms with Crippen LogP contribution in [0, 0.1) is 5.92 Å². The highest BCUT2D eigenvalue weighted by Gasteiger charge is 2.22. The summed E-state index contributed by atoms with van der Waals surface area (Å²) in [6, 6.07) is 0. The average Bonchev–Trinajstić information content (AvgIpc) is 3.04. The monoisotopic (exact) mass is 240 g/mol. The Morgan fingerprint density at radius 3 is 2.94 bits per heavy atom. The lowest BCUT2D eigenvalue weighted by atomic mass is 10.3. The molecule has 94 valence electrons. The Bertz CT molecular complexity index is 389. The van der Waals surface area contributed by atoms with E-state index in [1.165, 1.54) is 17.7 Å². The molecule has 0 aliphatic heterocycles. The molecule has 0 unspecified atom stereocenters. The highest BCUT2D eigenvalue weighted by Crippen LogP contribution is 2.28. The zero-order chi connectivity index (χ0) is 12.3. The number of nitrogens with two attached hydrogens (primary N) is 1. The van der Waals surface area contributed by atoms with Crippen LogP contribution in [0.4, 0.5) is 5.82 Å². The first kappa shape index (κ1) is 11.8. The first-order valence-electron chi connectivity index (χ1n) is 5.59. The normalized spacial score (nSPS) is 14.9. The molecule has 1 aliphatic rings. The van der Waals surface area contributed by atoms with Gasteiger partial charge in [-0.3, -0.25) is 4.79 Å². The summed E-state index contributed by atoms with van der Waals surface area (Å²) in [5.41, 5.74) is 5.49. The van der Waals surface area contributed by atoms with E-state index in [-0.39, 0.29) is 17.4 Å². The second-order valence-electron chi connectivity index (χ2n) is 4.24. The van der Waals surface area contributed by atoms with Gasteiger partial charge in [-0.15, -0.1) is 0 Å². The molecule has 0 saturated heterocycles. The van der Waals surface area contributed by atoms with Crippen molar-refractivity contribution in [2.24, 2.45) is 5.92 Å². The van der Waals surface area contributed by atoms with Gasteiger partial charge in [-0.1, -0.05) is 0 Å². The fourth-order valence-corrected chi connectivity index (χ4v) is 1.36. The van der Waals surface area contributed by atoms with Crippen LogP contribution in [0.5, 0.6) is 0 Å². The molecule has 1 aromatic heterocycles. The van der Waals surface area contributed by atoms with Crippen LogP contribution >= 0.6 is 0 Å². The van der Waals surface area contributed by atoms with E-state index in [1.54, 1.807) is 7.05 Å². The van der Waals surface area contributed by atoms with E-state index in [4.69, 9.17) is 10.5 Å². The lowest BCUT2D eigenvalue weighted by Crippen LogP contribution is -2.31. The molecule has 1 aliphatic carbocycles. The zero-order valence-corrected chi connectivity index (χ0v) is 9.76. The van der Waals surface area contributed by atoms with Gasteiger partial charge in [0.05, 0.1) is 6.61 Å². The van der Waals surface area contributed by atoms with E-state index in [0.717, 1.165) is 12.5 Å². The summed E-state index contributed by atoms with van der Waals surface area (Å²) in [5, 5.41) is 6.82. The number of likely N-dealkylation sites (N-methyl/N-ethyl adjacent to an activating group) is 1. The Morgan fingerprint density at radius 1 is 1.59 bits per heavy atom. The minimum absolute atomic E-state index is 0.0146. The molecule has 7 nitrogen and oxygen atoms in total. The van der Waals surface area contributed by atoms with Crippen molar-refractivity contribution in [3.05, 3.63) is 5.69 Å². The number of rotatable bonds is 6. The summed E-state index contributed by atoms with van der Waals surface area (Å²) in [6.45, 7) is 1.80. The van der Waals surface area contributed by atoms with Crippen molar-refractivity contribution in [1.82, 2.24) is 15.2 Å². The van der Waals surface area contributed by atoms with E-state index in [2.05, 4.69) is 14.9 Å². The maximum Gasteiger partial charge on any atom is 0.279 e. The predicted octanol–water partition coefficient (Wildman–Crippen LogP) is 0.150. The van der Waals surface area contributed by atoms with Gasteiger partial charge in [0.25, 0.3) is 5.91 Å². The van der Waals surface area contributed by atoms with Crippen LogP contribution in [0.15, 0.2) is 4.63 Å². The quantitative estimate of drug-likeness (QED) is 0.711. The maximum absolute atomic E-state index is 11.8. The summed E-state index contributed by atoms with van der Waals surface area (Å²) in [7, 11) is 1.66. The fraction of sp³-hybridized carbons (Fsp3) is 0.700. The van der Waals surface area contributed by atoms with Gasteiger partial charge in [0.1, 0.15) is 0 Å². The zero-order valence-electron chi connectivity index (χ0n) is 9.76. The van der Waals surface area contributed by atoms with Gasteiger partial charge >= 0.3 is 0 Å². The van der Waals surface area contributed by atoms with E-state index < -0.39 is 0 Å². The summed E-state index contributed by atoms with van der Waals surface area (Å²) in [5.74, 6) is 0.436. The van der Waals surface area contributed by atoms with Crippen molar-refractivity contribution in [2.45, 2.75) is 12.8 Å². The van der Waals surface area contributed by atoms with Crippen molar-refractivity contribution < 1.29 is 14.2 Å². The first-order chi connectivity index (χ1) is 8.18. The number of nitrogens with zero attached hydrogens (tertiary/aromatic N) is 3. The van der Waals surface area contributed by atoms with Gasteiger partial charge in [-0.25, -0.2) is 4.63 Å². The molecule has 0 atom stereocenters. The molecule has 0 aromatic carbocycles. The molecule has 2 rings (SSSR count). The maximum atomic E-state index is 11.8. The van der Waals surface area contributed by atoms with Crippen LogP contribution in [0.25, 0.3) is 0 Å². The van der Waals surface area contributed by atoms with Crippen molar-refractivity contribution >= 4 is 11.7 Å². The Morgan fingerprint density at radius 2 is 2.35 bits per heavy atom. The lowest BCUT2D eigenvalue weighted by Gasteiger charge is -2.15. The second kappa shape index (κ2) is 5.13. The topological polar surface area (TPSA) is 94.5 Å². The summed E-state index contributed by atoms with van der Waals surface area (Å²) >= 11 is 0. The molecule has 0 spiro atoms. The Hall–Kier alpha value is -1.63. The van der Waals surface area contributed by atoms with E-state index in [1.807, 2.05) is 0 Å². The van der Waals surface area contributed by atoms with Crippen LogP contribution in [0.2, 0.25) is 0 Å². The molecule has 0 radical (unpaired) electrons. The van der Waals surface area contributed by atoms with Gasteiger partial charge in [-0.05, 0) is 29.1 Å². The number of hydrogen-bond donors (Lipinski definition) is 1. The average molecular weight is 240 g/mol. The lowest BCUT2D eigenvalue weighted by molar-refractivity contribution is 0.0672. The van der Waals surface area contributed by atoms with Gasteiger partial charge in [0.2, 0.25) is 11.5 Å². The van der Waals surface area contributed by atoms with E-state index in [0.29, 0.717) is 13.2 Å². The number of anilines is 1. The van der Waals surface area contributed by atoms with Crippen molar-refractivity contribution in [1.29, 1.82) is 0 Å². The van der Waals surface area contributed by atoms with Crippen molar-refractivity contribution in [3.63, 3.8) is 0 Å². The summed E-state index contributed by atoms with van der Waals surface area (Å²) in [6.07, 6.45) is 2.52. The number of carbonyl (C=O) groups is 1. The number of aromatic nitrogens is 2. The van der Waals surface area contributed by atoms with E-state index >= 15 is 0 Å². The molecule has 0 bridgehead atoms. The van der Waals surface area contributed by atoms with Gasteiger partial charge < -0.3 is 15.4 Å². The minimum atomic E-state index is -0.307. The third kappa shape index (κ3) is 3.16. The molecule has 17 heavy (non-hydrogen) atoms. The molecule has 1 amide bonds. The summed E-state index contributed by atoms with van der Waals surface area (Å²) in [4.78, 5) is 13.3. The molecule has 1 aromatic rings. The summed E-state index contributed by atoms with van der Waals surface area (Å²) < 4.78 is 9.82. The van der Waals surface area contributed by atoms with Gasteiger partial charge in [-0.2, -0.15) is 0 Å². The molecule has 1 saturated carbocycles. The number of ether oxygens (including phenoxy) is 1. The minimum Gasteiger partial charge on any atom is -0.379 e. The Balaban J connectivity index is 1.72. The third-order valence-corrected chi connectivity index (χ3v) is 2.68. The molecule has 1 heterocycles. The van der Waals surface area contributed by atoms with Crippen LogP contribution in [-0.2, 0) is 4.74 Å². The Kier molecular flexibility index (Phi) is 3.58. The van der Waals surface area contributed by atoms with E-state index in [9.17, 15) is 4.79 Å². The predicted molar refractivity (Wildman–Crippen MR) is 59.2 cm³/mol. The SMILES string of the molecule is CN(CCOCC1CC1)C(=O)c1nonc1N. The highest BCUT2D eigenvalue weighted by molar-refractivity contribution is 5.95. The van der Waals surface area contributed by atoms with Crippen molar-refractivity contribution in [3.8, 4) is 0 Å². The molecule has 2 N–H and O–H groups in total. The smallest absolute Gasteiger partial charge is 0.279 e. The molecular formula is C10H16N4O3. The molecular weight excluding hydrogens is 224 g/mol. The second-order valence-corrected chi connectivity index (χ2v) is 4.24. The third-order valence-electron chi connectivity index (χ3n) is 2.68. The van der Waals surface area contributed by atoms with Crippen LogP contribution in [0.1, 0.15) is 23.3 Å². The molecule has 1 fully saturated rings. The highest BCUT2D eigenvalue weighted by atomic mass is 16.6. The van der Waals surface area contributed by atoms with Crippen LogP contribution < -0.4 is 5.73 Å². The fourth-order valence-electron chi connectivity index (χ4n) is 1.36. The van der Waals surface area contributed by atoms with Gasteiger partial charge in [0.15, 0.2) is 0 Å². The van der Waals surface area contributed by atoms with Crippen molar-refractivity contribution in [2.75, 3.05) is 32.5 Å². The molecule has 7 heteroatoms. The van der Waals surface area contributed by atoms with Gasteiger partial charge in [0, 0.05) is 20.2 Å². The number of nitrogen functional groups attached to an aromatic ring is 1. The van der Waals surface area contributed by atoms with Crippen LogP contribution in [0.3, 0.4) is 0 Å². The first-order valence-corrected chi connectivity index (χ1v) is 5.59. The van der Waals surface area contributed by atoms with Crippen LogP contribution in [-0.4, -0.2) is 47.9 Å². The standard InChI is InChI=1S/C10H16N4O3/c1-14(4-5-16-6-7-2-3-7)10(15)8-9(11)13-17-12-8/h7H,2-6H2,1H3,(H2,11,13). The Labute approximate surface area is 98.9 Å². The number of carbonyl (C=O) groups excluding carboxylic acids is 1.